The number of nitrogens with one attached hydrogen (secondary N) is 1. The molecule has 1 aliphatic heterocycles. The molecule has 2 amide bonds. The van der Waals surface area contributed by atoms with Gasteiger partial charge in [-0.15, -0.1) is 0 Å². The van der Waals surface area contributed by atoms with Gasteiger partial charge in [-0.3, -0.25) is 9.59 Å². The van der Waals surface area contributed by atoms with Gasteiger partial charge >= 0.3 is 0 Å². The van der Waals surface area contributed by atoms with Crippen molar-refractivity contribution in [1.82, 2.24) is 10.2 Å². The fourth-order valence-corrected chi connectivity index (χ4v) is 3.11. The summed E-state index contributed by atoms with van der Waals surface area (Å²) in [6.07, 6.45) is 1.47. The number of carbonyl (C=O) groups is 2. The van der Waals surface area contributed by atoms with Crippen LogP contribution < -0.4 is 15.8 Å². The molecule has 2 aromatic rings. The zero-order valence-corrected chi connectivity index (χ0v) is 14.8. The Morgan fingerprint density at radius 3 is 2.42 bits per heavy atom. The summed E-state index contributed by atoms with van der Waals surface area (Å²) in [5.74, 6) is 0.371. The van der Waals surface area contributed by atoms with Crippen molar-refractivity contribution in [2.45, 2.75) is 18.9 Å². The molecule has 6 heteroatoms. The molecule has 0 aliphatic carbocycles. The van der Waals surface area contributed by atoms with Crippen LogP contribution in [0.1, 0.15) is 33.6 Å². The maximum atomic E-state index is 12.5. The van der Waals surface area contributed by atoms with Gasteiger partial charge in [-0.25, -0.2) is 0 Å². The number of hydrogen-bond acceptors (Lipinski definition) is 4. The topological polar surface area (TPSA) is 84.7 Å². The molecule has 6 nitrogen and oxygen atoms in total. The molecule has 26 heavy (non-hydrogen) atoms. The number of nitrogens with zero attached hydrogens (tertiary/aromatic N) is 1. The van der Waals surface area contributed by atoms with Gasteiger partial charge in [0.1, 0.15) is 5.75 Å². The van der Waals surface area contributed by atoms with Crippen molar-refractivity contribution in [3.05, 3.63) is 59.7 Å². The van der Waals surface area contributed by atoms with Crippen molar-refractivity contribution in [1.29, 1.82) is 0 Å². The van der Waals surface area contributed by atoms with E-state index in [1.54, 1.807) is 18.2 Å². The Morgan fingerprint density at radius 2 is 1.77 bits per heavy atom. The third kappa shape index (κ3) is 3.96. The molecule has 0 saturated carbocycles. The summed E-state index contributed by atoms with van der Waals surface area (Å²) < 4.78 is 5.16. The van der Waals surface area contributed by atoms with E-state index in [-0.39, 0.29) is 17.9 Å². The lowest BCUT2D eigenvalue weighted by atomic mass is 10.0. The molecular formula is C20H23N3O3. The van der Waals surface area contributed by atoms with Gasteiger partial charge in [0.15, 0.2) is 0 Å². The zero-order chi connectivity index (χ0) is 18.5. The first-order valence-corrected chi connectivity index (χ1v) is 8.67. The highest BCUT2D eigenvalue weighted by atomic mass is 16.5. The number of amides is 2. The van der Waals surface area contributed by atoms with Crippen LogP contribution in [0.3, 0.4) is 0 Å². The van der Waals surface area contributed by atoms with Gasteiger partial charge in [-0.05, 0) is 43.2 Å². The number of methoxy groups -OCH3 is 1. The lowest BCUT2D eigenvalue weighted by Gasteiger charge is -2.32. The van der Waals surface area contributed by atoms with E-state index >= 15 is 0 Å². The van der Waals surface area contributed by atoms with E-state index in [1.165, 1.54) is 7.11 Å². The normalized spacial score (nSPS) is 14.7. The van der Waals surface area contributed by atoms with Crippen LogP contribution in [0.4, 0.5) is 5.69 Å². The first-order valence-electron chi connectivity index (χ1n) is 8.67. The van der Waals surface area contributed by atoms with E-state index in [2.05, 4.69) is 5.32 Å². The first-order chi connectivity index (χ1) is 12.6. The molecule has 136 valence electrons. The average molecular weight is 353 g/mol. The van der Waals surface area contributed by atoms with Gasteiger partial charge in [0.05, 0.1) is 12.8 Å². The Morgan fingerprint density at radius 1 is 1.08 bits per heavy atom. The molecule has 0 unspecified atom stereocenters. The molecule has 1 fully saturated rings. The van der Waals surface area contributed by atoms with Gasteiger partial charge in [0, 0.05) is 30.3 Å². The number of anilines is 1. The summed E-state index contributed by atoms with van der Waals surface area (Å²) in [7, 11) is 1.52. The Hall–Kier alpha value is -3.02. The van der Waals surface area contributed by atoms with Crippen molar-refractivity contribution in [3.63, 3.8) is 0 Å². The molecule has 3 rings (SSSR count). The van der Waals surface area contributed by atoms with Crippen molar-refractivity contribution in [2.75, 3.05) is 25.9 Å². The predicted octanol–water partition coefficient (Wildman–Crippen LogP) is 2.31. The molecule has 0 spiro atoms. The third-order valence-corrected chi connectivity index (χ3v) is 4.63. The fourth-order valence-electron chi connectivity index (χ4n) is 3.11. The van der Waals surface area contributed by atoms with E-state index in [0.717, 1.165) is 12.8 Å². The van der Waals surface area contributed by atoms with Gasteiger partial charge in [-0.1, -0.05) is 18.2 Å². The minimum Gasteiger partial charge on any atom is -0.495 e. The number of rotatable bonds is 4. The lowest BCUT2D eigenvalue weighted by Crippen LogP contribution is -2.46. The van der Waals surface area contributed by atoms with E-state index in [1.807, 2.05) is 35.2 Å². The second-order valence-corrected chi connectivity index (χ2v) is 6.36. The number of carbonyl (C=O) groups excluding carboxylic acids is 2. The van der Waals surface area contributed by atoms with Crippen molar-refractivity contribution < 1.29 is 14.3 Å². The molecule has 0 bridgehead atoms. The summed E-state index contributed by atoms with van der Waals surface area (Å²) in [4.78, 5) is 26.7. The van der Waals surface area contributed by atoms with Gasteiger partial charge < -0.3 is 20.7 Å². The largest absolute Gasteiger partial charge is 0.495 e. The summed E-state index contributed by atoms with van der Waals surface area (Å²) in [6.45, 7) is 1.26. The van der Waals surface area contributed by atoms with Crippen LogP contribution in [0, 0.1) is 0 Å². The van der Waals surface area contributed by atoms with Crippen LogP contribution >= 0.6 is 0 Å². The number of ether oxygens (including phenoxy) is 1. The van der Waals surface area contributed by atoms with Crippen LogP contribution in [0.15, 0.2) is 48.5 Å². The fraction of sp³-hybridized carbons (Fsp3) is 0.300. The number of nitrogens with two attached hydrogens (primary N) is 1. The highest BCUT2D eigenvalue weighted by Gasteiger charge is 2.25. The molecule has 1 heterocycles. The molecule has 3 N–H and O–H groups in total. The smallest absolute Gasteiger partial charge is 0.253 e. The van der Waals surface area contributed by atoms with Crippen molar-refractivity contribution in [2.24, 2.45) is 0 Å². The minimum absolute atomic E-state index is 0.0404. The molecule has 0 aromatic heterocycles. The Kier molecular flexibility index (Phi) is 5.41. The third-order valence-electron chi connectivity index (χ3n) is 4.63. The lowest BCUT2D eigenvalue weighted by molar-refractivity contribution is 0.0698. The van der Waals surface area contributed by atoms with Crippen LogP contribution in [-0.2, 0) is 0 Å². The Labute approximate surface area is 152 Å². The van der Waals surface area contributed by atoms with Crippen LogP contribution in [0.5, 0.6) is 5.75 Å². The predicted molar refractivity (Wildman–Crippen MR) is 100 cm³/mol. The molecule has 0 atom stereocenters. The van der Waals surface area contributed by atoms with Gasteiger partial charge in [0.2, 0.25) is 0 Å². The highest BCUT2D eigenvalue weighted by Crippen LogP contribution is 2.22. The van der Waals surface area contributed by atoms with Crippen LogP contribution in [-0.4, -0.2) is 43.0 Å². The van der Waals surface area contributed by atoms with Crippen LogP contribution in [0.25, 0.3) is 0 Å². The van der Waals surface area contributed by atoms with Gasteiger partial charge in [0.25, 0.3) is 11.8 Å². The number of piperidine rings is 1. The van der Waals surface area contributed by atoms with E-state index in [0.29, 0.717) is 35.7 Å². The summed E-state index contributed by atoms with van der Waals surface area (Å²) >= 11 is 0. The molecule has 2 aromatic carbocycles. The maximum absolute atomic E-state index is 12.5. The number of likely N-dealkylation sites (tertiary alicyclic amines) is 1. The summed E-state index contributed by atoms with van der Waals surface area (Å²) in [6, 6.07) is 14.3. The second kappa shape index (κ2) is 7.91. The molecule has 0 radical (unpaired) electrons. The minimum atomic E-state index is -0.156. The molecule has 1 saturated heterocycles. The zero-order valence-electron chi connectivity index (χ0n) is 14.8. The van der Waals surface area contributed by atoms with Gasteiger partial charge in [-0.2, -0.15) is 0 Å². The van der Waals surface area contributed by atoms with E-state index < -0.39 is 0 Å². The van der Waals surface area contributed by atoms with E-state index in [4.69, 9.17) is 10.5 Å². The maximum Gasteiger partial charge on any atom is 0.253 e. The standard InChI is InChI=1S/C20H23N3O3/c1-26-18-13-15(7-8-17(18)21)19(24)22-16-9-11-23(12-10-16)20(25)14-5-3-2-4-6-14/h2-8,13,16H,9-12,21H2,1H3,(H,22,24). The van der Waals surface area contributed by atoms with Crippen molar-refractivity contribution in [3.8, 4) is 5.75 Å². The number of nitrogen functional groups attached to an aromatic ring is 1. The summed E-state index contributed by atoms with van der Waals surface area (Å²) in [5.41, 5.74) is 7.49. The van der Waals surface area contributed by atoms with E-state index in [9.17, 15) is 9.59 Å². The number of hydrogen-bond donors (Lipinski definition) is 2. The monoisotopic (exact) mass is 353 g/mol. The second-order valence-electron chi connectivity index (χ2n) is 6.36. The average Bonchev–Trinajstić information content (AvgIpc) is 2.69. The van der Waals surface area contributed by atoms with Crippen molar-refractivity contribution >= 4 is 17.5 Å². The highest BCUT2D eigenvalue weighted by molar-refractivity contribution is 5.96. The Balaban J connectivity index is 1.55. The molecular weight excluding hydrogens is 330 g/mol. The Bertz CT molecular complexity index is 784. The SMILES string of the molecule is COc1cc(C(=O)NC2CCN(C(=O)c3ccccc3)CC2)ccc1N. The number of benzene rings is 2. The molecule has 1 aliphatic rings. The quantitative estimate of drug-likeness (QED) is 0.826. The summed E-state index contributed by atoms with van der Waals surface area (Å²) in [5, 5.41) is 3.03. The van der Waals surface area contributed by atoms with Crippen LogP contribution in [0.2, 0.25) is 0 Å². The first kappa shape index (κ1) is 17.8.